The summed E-state index contributed by atoms with van der Waals surface area (Å²) < 4.78 is 24.5. The number of carbonyl (C=O) groups is 1. The Morgan fingerprint density at radius 1 is 1.24 bits per heavy atom. The number of carbonyl (C=O) groups excluding carboxylic acids is 1. The molecule has 170 valence electrons. The third-order valence-corrected chi connectivity index (χ3v) is 5.75. The number of rotatable bonds is 7. The molecule has 1 fully saturated rings. The van der Waals surface area contributed by atoms with Gasteiger partial charge in [-0.1, -0.05) is 12.1 Å². The van der Waals surface area contributed by atoms with Crippen LogP contribution >= 0.6 is 8.60 Å². The van der Waals surface area contributed by atoms with Gasteiger partial charge in [-0.3, -0.25) is 4.90 Å². The molecule has 2 aliphatic rings. The Balaban J connectivity index is 0.00000204. The number of anilines is 1. The maximum absolute atomic E-state index is 15.0. The van der Waals surface area contributed by atoms with Crippen LogP contribution in [0, 0.1) is 5.82 Å². The molecule has 0 saturated carbocycles. The number of cyclic esters (lactones) is 1. The van der Waals surface area contributed by atoms with Gasteiger partial charge in [0, 0.05) is 24.9 Å². The molecule has 5 N–H and O–H groups in total. The summed E-state index contributed by atoms with van der Waals surface area (Å²) in [5.41, 5.74) is 11.7. The minimum Gasteiger partial charge on any atom is -0.820 e. The second-order valence-electron chi connectivity index (χ2n) is 7.34. The molecular formula is C20H21FN5Na2O5P. The van der Waals surface area contributed by atoms with Gasteiger partial charge in [0.25, 0.3) is 0 Å². The van der Waals surface area contributed by atoms with E-state index in [-0.39, 0.29) is 72.3 Å². The SMILES string of the molecule is N/C=C(\NN)N1Cc2ccc(-c3ccc(N4C[C@H](COP([O-])[O-])OC4=O)cc3F)cc2C1.[Na+].[Na+]. The zero-order valence-corrected chi connectivity index (χ0v) is 23.8. The van der Waals surface area contributed by atoms with Crippen molar-refractivity contribution >= 4 is 20.4 Å². The van der Waals surface area contributed by atoms with Gasteiger partial charge < -0.3 is 35.1 Å². The van der Waals surface area contributed by atoms with Gasteiger partial charge in [-0.2, -0.15) is 8.60 Å². The van der Waals surface area contributed by atoms with Gasteiger partial charge in [0.1, 0.15) is 17.7 Å². The summed E-state index contributed by atoms with van der Waals surface area (Å²) in [4.78, 5) is 36.4. The van der Waals surface area contributed by atoms with Gasteiger partial charge in [-0.15, -0.1) is 0 Å². The fourth-order valence-electron chi connectivity index (χ4n) is 3.85. The minimum absolute atomic E-state index is 0. The summed E-state index contributed by atoms with van der Waals surface area (Å²) in [7, 11) is -3.04. The van der Waals surface area contributed by atoms with Crippen LogP contribution in [0.2, 0.25) is 0 Å². The zero-order chi connectivity index (χ0) is 22.8. The molecule has 34 heavy (non-hydrogen) atoms. The fourth-order valence-corrected chi connectivity index (χ4v) is 4.13. The first-order chi connectivity index (χ1) is 15.4. The number of benzene rings is 2. The monoisotopic (exact) mass is 507 g/mol. The van der Waals surface area contributed by atoms with Crippen LogP contribution in [0.4, 0.5) is 14.9 Å². The zero-order valence-electron chi connectivity index (χ0n) is 18.9. The third-order valence-electron chi connectivity index (χ3n) is 5.39. The number of hydrazine groups is 1. The molecule has 14 heteroatoms. The van der Waals surface area contributed by atoms with E-state index in [9.17, 15) is 19.0 Å². The summed E-state index contributed by atoms with van der Waals surface area (Å²) in [6, 6.07) is 10.2. The number of hydrogen-bond donors (Lipinski definition) is 3. The minimum atomic E-state index is -3.04. The second-order valence-corrected chi connectivity index (χ2v) is 8.04. The maximum Gasteiger partial charge on any atom is 1.00 e. The van der Waals surface area contributed by atoms with E-state index in [0.717, 1.165) is 11.1 Å². The van der Waals surface area contributed by atoms with Crippen molar-refractivity contribution in [2.45, 2.75) is 19.2 Å². The summed E-state index contributed by atoms with van der Waals surface area (Å²) >= 11 is 0. The predicted molar refractivity (Wildman–Crippen MR) is 111 cm³/mol. The number of nitrogens with two attached hydrogens (primary N) is 2. The Bertz CT molecular complexity index is 1060. The van der Waals surface area contributed by atoms with E-state index < -0.39 is 26.6 Å². The third kappa shape index (κ3) is 6.43. The van der Waals surface area contributed by atoms with Gasteiger partial charge in [0.15, 0.2) is 0 Å². The molecule has 1 atom stereocenters. The number of halogens is 1. The summed E-state index contributed by atoms with van der Waals surface area (Å²) in [5.74, 6) is 5.59. The maximum atomic E-state index is 15.0. The van der Waals surface area contributed by atoms with E-state index in [1.165, 1.54) is 17.2 Å². The van der Waals surface area contributed by atoms with E-state index in [1.54, 1.807) is 12.1 Å². The van der Waals surface area contributed by atoms with Gasteiger partial charge in [0.2, 0.25) is 0 Å². The van der Waals surface area contributed by atoms with Crippen LogP contribution in [-0.2, 0) is 22.4 Å². The van der Waals surface area contributed by atoms with Gasteiger partial charge in [-0.05, 0) is 41.0 Å². The van der Waals surface area contributed by atoms with Crippen LogP contribution in [0.1, 0.15) is 11.1 Å². The topological polar surface area (TPSA) is 152 Å². The van der Waals surface area contributed by atoms with E-state index in [0.29, 0.717) is 35.7 Å². The molecule has 0 aromatic heterocycles. The summed E-state index contributed by atoms with van der Waals surface area (Å²) in [6.07, 6.45) is -0.0543. The Labute approximate surface area is 241 Å². The Kier molecular flexibility index (Phi) is 11.1. The number of ether oxygens (including phenoxy) is 1. The van der Waals surface area contributed by atoms with Crippen LogP contribution in [0.15, 0.2) is 48.4 Å². The second kappa shape index (κ2) is 12.8. The molecule has 4 rings (SSSR count). The Morgan fingerprint density at radius 2 is 1.97 bits per heavy atom. The van der Waals surface area contributed by atoms with E-state index in [2.05, 4.69) is 9.95 Å². The fraction of sp³-hybridized carbons (Fsp3) is 0.250. The van der Waals surface area contributed by atoms with Crippen LogP contribution < -0.4 is 90.8 Å². The standard InChI is InChI=1S/C20H21FN5O5P.2Na/c21-18-6-15(26-10-16(31-20(26)27)11-30-32(28)29)3-4-17(18)12-1-2-13-8-25(9-14(13)5-12)19(7-22)24-23;;/h1-7,16,24H,8-11,22-23H2;;/q-2;2*+1/b19-7+;;/t16-;;/m1../s1. The molecule has 2 aromatic rings. The molecular weight excluding hydrogens is 486 g/mol. The number of fused-ring (bicyclic) bond motifs is 1. The normalized spacial score (nSPS) is 17.3. The van der Waals surface area contributed by atoms with Crippen molar-refractivity contribution in [1.29, 1.82) is 0 Å². The molecule has 0 spiro atoms. The first kappa shape index (κ1) is 29.3. The van der Waals surface area contributed by atoms with Crippen molar-refractivity contribution < 1.29 is 87.3 Å². The largest absolute Gasteiger partial charge is 1.00 e. The van der Waals surface area contributed by atoms with Gasteiger partial charge in [-0.25, -0.2) is 15.0 Å². The molecule has 0 aliphatic carbocycles. The Hall–Kier alpha value is -0.950. The van der Waals surface area contributed by atoms with Crippen molar-refractivity contribution in [3.8, 4) is 11.1 Å². The van der Waals surface area contributed by atoms with Crippen LogP contribution in [0.5, 0.6) is 0 Å². The molecule has 2 aliphatic heterocycles. The molecule has 2 aromatic carbocycles. The number of nitrogens with one attached hydrogen (secondary N) is 1. The molecule has 0 radical (unpaired) electrons. The summed E-state index contributed by atoms with van der Waals surface area (Å²) in [5, 5.41) is 0. The van der Waals surface area contributed by atoms with Crippen molar-refractivity contribution in [2.75, 3.05) is 18.1 Å². The summed E-state index contributed by atoms with van der Waals surface area (Å²) in [6.45, 7) is 0.983. The number of hydrogen-bond acceptors (Lipinski definition) is 9. The molecule has 0 bridgehead atoms. The van der Waals surface area contributed by atoms with Crippen LogP contribution in [0.3, 0.4) is 0 Å². The molecule has 1 amide bonds. The van der Waals surface area contributed by atoms with Gasteiger partial charge >= 0.3 is 65.2 Å². The van der Waals surface area contributed by atoms with Crippen LogP contribution in [-0.4, -0.2) is 30.2 Å². The first-order valence-corrected chi connectivity index (χ1v) is 10.8. The molecule has 1 saturated heterocycles. The van der Waals surface area contributed by atoms with Crippen molar-refractivity contribution in [3.05, 3.63) is 65.4 Å². The van der Waals surface area contributed by atoms with E-state index in [1.807, 2.05) is 23.1 Å². The van der Waals surface area contributed by atoms with E-state index >= 15 is 0 Å². The van der Waals surface area contributed by atoms with Crippen molar-refractivity contribution in [1.82, 2.24) is 10.3 Å². The van der Waals surface area contributed by atoms with Gasteiger partial charge in [0.05, 0.1) is 18.8 Å². The average Bonchev–Trinajstić information content (AvgIpc) is 3.35. The average molecular weight is 507 g/mol. The van der Waals surface area contributed by atoms with Crippen LogP contribution in [0.25, 0.3) is 11.1 Å². The van der Waals surface area contributed by atoms with E-state index in [4.69, 9.17) is 16.3 Å². The van der Waals surface area contributed by atoms with Crippen molar-refractivity contribution in [3.63, 3.8) is 0 Å². The predicted octanol–water partition coefficient (Wildman–Crippen LogP) is -5.67. The molecule has 0 unspecified atom stereocenters. The number of nitrogens with zero attached hydrogens (tertiary/aromatic N) is 2. The smallest absolute Gasteiger partial charge is 0.820 e. The quantitative estimate of drug-likeness (QED) is 0.144. The Morgan fingerprint density at radius 3 is 2.62 bits per heavy atom. The molecule has 2 heterocycles. The van der Waals surface area contributed by atoms with Crippen molar-refractivity contribution in [2.24, 2.45) is 11.6 Å². The first-order valence-electron chi connectivity index (χ1n) is 9.70. The molecule has 10 nitrogen and oxygen atoms in total. The number of amides is 1.